The van der Waals surface area contributed by atoms with Crippen LogP contribution in [-0.2, 0) is 0 Å². The van der Waals surface area contributed by atoms with Crippen LogP contribution in [-0.4, -0.2) is 13.7 Å². The molecule has 0 aromatic heterocycles. The van der Waals surface area contributed by atoms with Crippen molar-refractivity contribution in [1.82, 2.24) is 0 Å². The van der Waals surface area contributed by atoms with E-state index in [1.54, 1.807) is 13.2 Å². The van der Waals surface area contributed by atoms with E-state index in [9.17, 15) is 0 Å². The number of hydrogen-bond donors (Lipinski definition) is 1. The Bertz CT molecular complexity index is 366. The van der Waals surface area contributed by atoms with E-state index < -0.39 is 0 Å². The normalized spacial score (nSPS) is 11.6. The van der Waals surface area contributed by atoms with E-state index in [0.717, 1.165) is 11.3 Å². The molecule has 80 valence electrons. The van der Waals surface area contributed by atoms with E-state index in [-0.39, 0.29) is 12.6 Å². The molecule has 0 aliphatic heterocycles. The molecule has 0 unspecified atom stereocenters. The van der Waals surface area contributed by atoms with Crippen LogP contribution in [0.1, 0.15) is 18.5 Å². The van der Waals surface area contributed by atoms with E-state index in [0.29, 0.717) is 5.75 Å². The maximum absolute atomic E-state index is 5.81. The van der Waals surface area contributed by atoms with Gasteiger partial charge in [-0.15, -0.1) is 6.42 Å². The number of nitrogens with two attached hydrogens (primary N) is 1. The van der Waals surface area contributed by atoms with Crippen LogP contribution in [0.5, 0.6) is 11.5 Å². The van der Waals surface area contributed by atoms with Crippen molar-refractivity contribution in [3.8, 4) is 23.8 Å². The zero-order valence-electron chi connectivity index (χ0n) is 8.99. The molecular weight excluding hydrogens is 190 g/mol. The fourth-order valence-electron chi connectivity index (χ4n) is 1.26. The first-order valence-corrected chi connectivity index (χ1v) is 4.68. The maximum atomic E-state index is 5.81. The third kappa shape index (κ3) is 2.90. The predicted molar refractivity (Wildman–Crippen MR) is 59.9 cm³/mol. The molecule has 0 radical (unpaired) electrons. The second-order valence-electron chi connectivity index (χ2n) is 3.19. The standard InChI is InChI=1S/C12H15NO2/c1-4-7-15-12-8-10(14-3)5-6-11(12)9(2)13/h1,5-6,8-9H,7,13H2,2-3H3/t9-/m0/s1. The van der Waals surface area contributed by atoms with E-state index in [2.05, 4.69) is 5.92 Å². The van der Waals surface area contributed by atoms with Crippen LogP contribution in [0.15, 0.2) is 18.2 Å². The molecule has 0 saturated carbocycles. The van der Waals surface area contributed by atoms with Crippen molar-refractivity contribution >= 4 is 0 Å². The van der Waals surface area contributed by atoms with Crippen LogP contribution in [0.3, 0.4) is 0 Å². The molecule has 1 atom stereocenters. The molecule has 3 nitrogen and oxygen atoms in total. The van der Waals surface area contributed by atoms with Crippen molar-refractivity contribution in [2.75, 3.05) is 13.7 Å². The molecule has 1 aromatic carbocycles. The number of benzene rings is 1. The molecule has 2 N–H and O–H groups in total. The highest BCUT2D eigenvalue weighted by Gasteiger charge is 2.09. The Morgan fingerprint density at radius 1 is 1.53 bits per heavy atom. The summed E-state index contributed by atoms with van der Waals surface area (Å²) < 4.78 is 10.5. The summed E-state index contributed by atoms with van der Waals surface area (Å²) in [5.74, 6) is 3.83. The van der Waals surface area contributed by atoms with Gasteiger partial charge in [0.2, 0.25) is 0 Å². The minimum absolute atomic E-state index is 0.0938. The number of methoxy groups -OCH3 is 1. The summed E-state index contributed by atoms with van der Waals surface area (Å²) in [5, 5.41) is 0. The summed E-state index contributed by atoms with van der Waals surface area (Å²) in [6.07, 6.45) is 5.14. The van der Waals surface area contributed by atoms with E-state index in [4.69, 9.17) is 21.6 Å². The van der Waals surface area contributed by atoms with Gasteiger partial charge in [0.25, 0.3) is 0 Å². The lowest BCUT2D eigenvalue weighted by Crippen LogP contribution is -2.08. The topological polar surface area (TPSA) is 44.5 Å². The van der Waals surface area contributed by atoms with Crippen LogP contribution >= 0.6 is 0 Å². The summed E-state index contributed by atoms with van der Waals surface area (Å²) in [7, 11) is 1.60. The van der Waals surface area contributed by atoms with Crippen LogP contribution in [0.4, 0.5) is 0 Å². The van der Waals surface area contributed by atoms with E-state index >= 15 is 0 Å². The van der Waals surface area contributed by atoms with Crippen molar-refractivity contribution < 1.29 is 9.47 Å². The highest BCUT2D eigenvalue weighted by atomic mass is 16.5. The number of terminal acetylenes is 1. The maximum Gasteiger partial charge on any atom is 0.148 e. The van der Waals surface area contributed by atoms with E-state index in [1.807, 2.05) is 19.1 Å². The molecule has 1 rings (SSSR count). The molecule has 3 heteroatoms. The largest absolute Gasteiger partial charge is 0.497 e. The summed E-state index contributed by atoms with van der Waals surface area (Å²) in [6, 6.07) is 5.43. The SMILES string of the molecule is C#CCOc1cc(OC)ccc1[C@H](C)N. The van der Waals surface area contributed by atoms with Gasteiger partial charge in [0.1, 0.15) is 18.1 Å². The van der Waals surface area contributed by atoms with Crippen molar-refractivity contribution in [2.24, 2.45) is 5.73 Å². The van der Waals surface area contributed by atoms with Crippen molar-refractivity contribution in [1.29, 1.82) is 0 Å². The summed E-state index contributed by atoms with van der Waals surface area (Å²) in [6.45, 7) is 2.12. The smallest absolute Gasteiger partial charge is 0.148 e. The van der Waals surface area contributed by atoms with Gasteiger partial charge in [0.15, 0.2) is 0 Å². The van der Waals surface area contributed by atoms with E-state index in [1.165, 1.54) is 0 Å². The van der Waals surface area contributed by atoms with Gasteiger partial charge in [-0.1, -0.05) is 12.0 Å². The summed E-state index contributed by atoms with van der Waals surface area (Å²) >= 11 is 0. The van der Waals surface area contributed by atoms with Crippen molar-refractivity contribution in [2.45, 2.75) is 13.0 Å². The highest BCUT2D eigenvalue weighted by Crippen LogP contribution is 2.28. The molecule has 1 aromatic rings. The Hall–Kier alpha value is -1.66. The van der Waals surface area contributed by atoms with Gasteiger partial charge >= 0.3 is 0 Å². The number of rotatable bonds is 4. The van der Waals surface area contributed by atoms with Crippen molar-refractivity contribution in [3.63, 3.8) is 0 Å². The second-order valence-corrected chi connectivity index (χ2v) is 3.19. The molecular formula is C12H15NO2. The third-order valence-corrected chi connectivity index (χ3v) is 2.02. The minimum atomic E-state index is -0.0938. The van der Waals surface area contributed by atoms with Gasteiger partial charge in [-0.25, -0.2) is 0 Å². The average molecular weight is 205 g/mol. The zero-order valence-corrected chi connectivity index (χ0v) is 8.99. The fourth-order valence-corrected chi connectivity index (χ4v) is 1.26. The Kier molecular flexibility index (Phi) is 4.02. The lowest BCUT2D eigenvalue weighted by molar-refractivity contribution is 0.357. The minimum Gasteiger partial charge on any atom is -0.497 e. The molecule has 0 aliphatic carbocycles. The Labute approximate surface area is 90.2 Å². The second kappa shape index (κ2) is 5.28. The molecule has 0 aliphatic rings. The van der Waals surface area contributed by atoms with Crippen LogP contribution in [0.25, 0.3) is 0 Å². The number of ether oxygens (including phenoxy) is 2. The summed E-state index contributed by atoms with van der Waals surface area (Å²) in [5.41, 5.74) is 6.73. The van der Waals surface area contributed by atoms with Crippen molar-refractivity contribution in [3.05, 3.63) is 23.8 Å². The average Bonchev–Trinajstić information content (AvgIpc) is 2.25. The van der Waals surface area contributed by atoms with Crippen LogP contribution < -0.4 is 15.2 Å². The number of hydrogen-bond acceptors (Lipinski definition) is 3. The third-order valence-electron chi connectivity index (χ3n) is 2.02. The Balaban J connectivity index is 3.00. The molecule has 0 heterocycles. The van der Waals surface area contributed by atoms with Crippen LogP contribution in [0, 0.1) is 12.3 Å². The lowest BCUT2D eigenvalue weighted by atomic mass is 10.1. The molecule has 15 heavy (non-hydrogen) atoms. The van der Waals surface area contributed by atoms with Gasteiger partial charge in [0, 0.05) is 17.7 Å². The quantitative estimate of drug-likeness (QED) is 0.761. The van der Waals surface area contributed by atoms with Gasteiger partial charge < -0.3 is 15.2 Å². The summed E-state index contributed by atoms with van der Waals surface area (Å²) in [4.78, 5) is 0. The Morgan fingerprint density at radius 2 is 2.27 bits per heavy atom. The van der Waals surface area contributed by atoms with Gasteiger partial charge in [-0.3, -0.25) is 0 Å². The predicted octanol–water partition coefficient (Wildman–Crippen LogP) is 1.73. The highest BCUT2D eigenvalue weighted by molar-refractivity contribution is 5.42. The molecule has 0 amide bonds. The lowest BCUT2D eigenvalue weighted by Gasteiger charge is -2.13. The first-order valence-electron chi connectivity index (χ1n) is 4.68. The molecule has 0 bridgehead atoms. The van der Waals surface area contributed by atoms with Gasteiger partial charge in [-0.2, -0.15) is 0 Å². The fraction of sp³-hybridized carbons (Fsp3) is 0.333. The zero-order chi connectivity index (χ0) is 11.3. The first kappa shape index (κ1) is 11.4. The first-order chi connectivity index (χ1) is 7.19. The van der Waals surface area contributed by atoms with Gasteiger partial charge in [-0.05, 0) is 13.0 Å². The molecule has 0 fully saturated rings. The molecule has 0 saturated heterocycles. The van der Waals surface area contributed by atoms with Crippen LogP contribution in [0.2, 0.25) is 0 Å². The monoisotopic (exact) mass is 205 g/mol. The Morgan fingerprint density at radius 3 is 2.80 bits per heavy atom. The van der Waals surface area contributed by atoms with Gasteiger partial charge in [0.05, 0.1) is 7.11 Å². The molecule has 0 spiro atoms.